The highest BCUT2D eigenvalue weighted by molar-refractivity contribution is 5.88. The van der Waals surface area contributed by atoms with E-state index >= 15 is 0 Å². The highest BCUT2D eigenvalue weighted by atomic mass is 19.1. The Bertz CT molecular complexity index is 776. The topological polar surface area (TPSA) is 52.0 Å². The highest BCUT2D eigenvalue weighted by Gasteiger charge is 2.17. The van der Waals surface area contributed by atoms with Crippen molar-refractivity contribution in [1.29, 1.82) is 0 Å². The molecule has 0 radical (unpaired) electrons. The van der Waals surface area contributed by atoms with Crippen LogP contribution in [0, 0.1) is 26.6 Å². The van der Waals surface area contributed by atoms with Gasteiger partial charge in [0.15, 0.2) is 5.58 Å². The van der Waals surface area contributed by atoms with Crippen molar-refractivity contribution in [2.24, 2.45) is 0 Å². The molecule has 0 spiro atoms. The molecule has 3 nitrogen and oxygen atoms in total. The molecule has 0 aliphatic heterocycles. The summed E-state index contributed by atoms with van der Waals surface area (Å²) in [5.74, 6) is 0.101. The zero-order valence-corrected chi connectivity index (χ0v) is 11.6. The van der Waals surface area contributed by atoms with E-state index in [1.165, 1.54) is 12.1 Å². The number of oxazole rings is 1. The SMILES string of the molecule is Cc1c(N)c(C)c2oc(-c3cccc(F)c3)nc2c1C. The van der Waals surface area contributed by atoms with E-state index in [0.29, 0.717) is 17.0 Å². The second-order valence-electron chi connectivity index (χ2n) is 5.00. The maximum atomic E-state index is 13.3. The van der Waals surface area contributed by atoms with Gasteiger partial charge in [0.25, 0.3) is 0 Å². The van der Waals surface area contributed by atoms with Crippen LogP contribution in [0.4, 0.5) is 10.1 Å². The number of aromatic nitrogens is 1. The monoisotopic (exact) mass is 270 g/mol. The van der Waals surface area contributed by atoms with Crippen molar-refractivity contribution in [3.8, 4) is 11.5 Å². The number of rotatable bonds is 1. The lowest BCUT2D eigenvalue weighted by atomic mass is 10.0. The first-order chi connectivity index (χ1) is 9.49. The Balaban J connectivity index is 2.31. The van der Waals surface area contributed by atoms with Gasteiger partial charge in [0.05, 0.1) is 0 Å². The van der Waals surface area contributed by atoms with Gasteiger partial charge in [-0.3, -0.25) is 0 Å². The van der Waals surface area contributed by atoms with Crippen molar-refractivity contribution in [2.45, 2.75) is 20.8 Å². The van der Waals surface area contributed by atoms with Gasteiger partial charge in [-0.1, -0.05) is 6.07 Å². The largest absolute Gasteiger partial charge is 0.436 e. The number of hydrogen-bond acceptors (Lipinski definition) is 3. The normalized spacial score (nSPS) is 11.2. The van der Waals surface area contributed by atoms with Gasteiger partial charge in [-0.05, 0) is 50.1 Å². The van der Waals surface area contributed by atoms with E-state index in [9.17, 15) is 4.39 Å². The third-order valence-corrected chi connectivity index (χ3v) is 3.77. The predicted octanol–water partition coefficient (Wildman–Crippen LogP) is 4.14. The van der Waals surface area contributed by atoms with Crippen LogP contribution < -0.4 is 5.73 Å². The molecule has 0 saturated carbocycles. The number of benzene rings is 2. The zero-order valence-electron chi connectivity index (χ0n) is 11.6. The standard InChI is InChI=1S/C16H15FN2O/c1-8-9(2)14-15(10(3)13(8)18)20-16(19-14)11-5-4-6-12(17)7-11/h4-7H,18H2,1-3H3. The third kappa shape index (κ3) is 1.76. The number of nitrogens with zero attached hydrogens (tertiary/aromatic N) is 1. The van der Waals surface area contributed by atoms with Crippen LogP contribution >= 0.6 is 0 Å². The Morgan fingerprint density at radius 3 is 2.55 bits per heavy atom. The minimum Gasteiger partial charge on any atom is -0.436 e. The van der Waals surface area contributed by atoms with Gasteiger partial charge >= 0.3 is 0 Å². The van der Waals surface area contributed by atoms with Crippen LogP contribution in [0.15, 0.2) is 28.7 Å². The lowest BCUT2D eigenvalue weighted by Crippen LogP contribution is -1.97. The fourth-order valence-electron chi connectivity index (χ4n) is 2.36. The van der Waals surface area contributed by atoms with Crippen molar-refractivity contribution in [3.05, 3.63) is 46.8 Å². The van der Waals surface area contributed by atoms with Crippen molar-refractivity contribution >= 4 is 16.8 Å². The summed E-state index contributed by atoms with van der Waals surface area (Å²) in [5.41, 5.74) is 11.7. The molecule has 1 aromatic heterocycles. The molecule has 0 amide bonds. The highest BCUT2D eigenvalue weighted by Crippen LogP contribution is 2.34. The number of fused-ring (bicyclic) bond motifs is 1. The van der Waals surface area contributed by atoms with Crippen LogP contribution in [0.3, 0.4) is 0 Å². The molecule has 102 valence electrons. The van der Waals surface area contributed by atoms with Gasteiger partial charge in [-0.2, -0.15) is 0 Å². The second kappa shape index (κ2) is 4.34. The summed E-state index contributed by atoms with van der Waals surface area (Å²) >= 11 is 0. The summed E-state index contributed by atoms with van der Waals surface area (Å²) in [4.78, 5) is 4.50. The van der Waals surface area contributed by atoms with Crippen molar-refractivity contribution in [3.63, 3.8) is 0 Å². The molecule has 20 heavy (non-hydrogen) atoms. The Kier molecular flexibility index (Phi) is 2.74. The van der Waals surface area contributed by atoms with E-state index in [1.807, 2.05) is 20.8 Å². The van der Waals surface area contributed by atoms with E-state index in [1.54, 1.807) is 12.1 Å². The minimum atomic E-state index is -0.311. The summed E-state index contributed by atoms with van der Waals surface area (Å²) in [6.07, 6.45) is 0. The molecule has 0 unspecified atom stereocenters. The number of hydrogen-bond donors (Lipinski definition) is 1. The number of halogens is 1. The summed E-state index contributed by atoms with van der Waals surface area (Å²) < 4.78 is 19.1. The Morgan fingerprint density at radius 1 is 1.10 bits per heavy atom. The van der Waals surface area contributed by atoms with E-state index in [2.05, 4.69) is 4.98 Å². The molecule has 0 saturated heterocycles. The predicted molar refractivity (Wildman–Crippen MR) is 78.0 cm³/mol. The number of aryl methyl sites for hydroxylation is 2. The third-order valence-electron chi connectivity index (χ3n) is 3.77. The van der Waals surface area contributed by atoms with Crippen LogP contribution in [0.2, 0.25) is 0 Å². The van der Waals surface area contributed by atoms with E-state index < -0.39 is 0 Å². The number of nitrogens with two attached hydrogens (primary N) is 1. The first-order valence-electron chi connectivity index (χ1n) is 6.40. The first-order valence-corrected chi connectivity index (χ1v) is 6.40. The second-order valence-corrected chi connectivity index (χ2v) is 5.00. The van der Waals surface area contributed by atoms with Gasteiger partial charge in [0.1, 0.15) is 11.3 Å². The van der Waals surface area contributed by atoms with E-state index in [4.69, 9.17) is 10.2 Å². The molecule has 3 rings (SSSR count). The smallest absolute Gasteiger partial charge is 0.227 e. The molecule has 3 aromatic rings. The lowest BCUT2D eigenvalue weighted by molar-refractivity contribution is 0.609. The van der Waals surface area contributed by atoms with Crippen molar-refractivity contribution in [1.82, 2.24) is 4.98 Å². The van der Waals surface area contributed by atoms with Crippen LogP contribution in [-0.4, -0.2) is 4.98 Å². The number of anilines is 1. The van der Waals surface area contributed by atoms with E-state index in [-0.39, 0.29) is 5.82 Å². The molecule has 0 bridgehead atoms. The van der Waals surface area contributed by atoms with Crippen LogP contribution in [0.1, 0.15) is 16.7 Å². The fourth-order valence-corrected chi connectivity index (χ4v) is 2.36. The lowest BCUT2D eigenvalue weighted by Gasteiger charge is -2.07. The molecule has 0 aliphatic rings. The summed E-state index contributed by atoms with van der Waals surface area (Å²) in [6, 6.07) is 6.21. The molecule has 0 fully saturated rings. The van der Waals surface area contributed by atoms with Crippen LogP contribution in [-0.2, 0) is 0 Å². The van der Waals surface area contributed by atoms with Gasteiger partial charge < -0.3 is 10.2 Å². The Morgan fingerprint density at radius 2 is 1.85 bits per heavy atom. The number of nitrogen functional groups attached to an aromatic ring is 1. The van der Waals surface area contributed by atoms with Crippen molar-refractivity contribution < 1.29 is 8.81 Å². The molecular formula is C16H15FN2O. The van der Waals surface area contributed by atoms with Crippen LogP contribution in [0.5, 0.6) is 0 Å². The molecule has 4 heteroatoms. The summed E-state index contributed by atoms with van der Waals surface area (Å²) in [7, 11) is 0. The molecule has 2 aromatic carbocycles. The maximum Gasteiger partial charge on any atom is 0.227 e. The molecular weight excluding hydrogens is 255 g/mol. The van der Waals surface area contributed by atoms with E-state index in [0.717, 1.165) is 27.9 Å². The van der Waals surface area contributed by atoms with Gasteiger partial charge in [-0.15, -0.1) is 0 Å². The molecule has 1 heterocycles. The van der Waals surface area contributed by atoms with Crippen molar-refractivity contribution in [2.75, 3.05) is 5.73 Å². The van der Waals surface area contributed by atoms with Gasteiger partial charge in [0, 0.05) is 16.8 Å². The summed E-state index contributed by atoms with van der Waals surface area (Å²) in [5, 5.41) is 0. The minimum absolute atomic E-state index is 0.311. The molecule has 0 atom stereocenters. The zero-order chi connectivity index (χ0) is 14.4. The van der Waals surface area contributed by atoms with Gasteiger partial charge in [-0.25, -0.2) is 9.37 Å². The fraction of sp³-hybridized carbons (Fsp3) is 0.188. The average Bonchev–Trinajstić information content (AvgIpc) is 2.88. The Hall–Kier alpha value is -2.36. The maximum absolute atomic E-state index is 13.3. The van der Waals surface area contributed by atoms with Gasteiger partial charge in [0.2, 0.25) is 5.89 Å². The van der Waals surface area contributed by atoms with Crippen LogP contribution in [0.25, 0.3) is 22.6 Å². The Labute approximate surface area is 116 Å². The molecule has 0 aliphatic carbocycles. The average molecular weight is 270 g/mol. The first kappa shape index (κ1) is 12.7. The molecule has 2 N–H and O–H groups in total. The quantitative estimate of drug-likeness (QED) is 0.676. The summed E-state index contributed by atoms with van der Waals surface area (Å²) in [6.45, 7) is 5.84.